The molecule has 0 aliphatic heterocycles. The summed E-state index contributed by atoms with van der Waals surface area (Å²) in [5, 5.41) is 12.5. The maximum absolute atomic E-state index is 12.5. The topological polar surface area (TPSA) is 171 Å². The lowest BCUT2D eigenvalue weighted by Crippen LogP contribution is -2.16. The minimum absolute atomic E-state index is 0.0408. The average Bonchev–Trinajstić information content (AvgIpc) is 3.27. The second-order valence-corrected chi connectivity index (χ2v) is 9.63. The standard InChI is InChI=1S/C21H20N6O6S2/c1-32-13-5-8-16(17(9-13)33-2)24-18(28)11-34-21-25-19-15(20(29)26-21)10-23-27(19)12-3-6-14(7-4-12)35(22,30)31/h3-10H,11H2,1-2H3,(H,24,28)(H2,22,30,31)(H,25,26,29). The zero-order chi connectivity index (χ0) is 25.2. The number of carbonyl (C=O) groups is 1. The Balaban J connectivity index is 1.54. The number of rotatable bonds is 8. The van der Waals surface area contributed by atoms with E-state index in [0.29, 0.717) is 22.9 Å². The van der Waals surface area contributed by atoms with E-state index in [1.54, 1.807) is 18.2 Å². The van der Waals surface area contributed by atoms with Gasteiger partial charge in [-0.15, -0.1) is 0 Å². The molecule has 2 heterocycles. The summed E-state index contributed by atoms with van der Waals surface area (Å²) in [6, 6.07) is 10.7. The maximum Gasteiger partial charge on any atom is 0.262 e. The van der Waals surface area contributed by atoms with Gasteiger partial charge in [-0.3, -0.25) is 9.59 Å². The van der Waals surface area contributed by atoms with Gasteiger partial charge in [-0.25, -0.2) is 23.2 Å². The normalized spacial score (nSPS) is 11.4. The number of amides is 1. The molecule has 2 aromatic carbocycles. The fourth-order valence-electron chi connectivity index (χ4n) is 3.15. The van der Waals surface area contributed by atoms with Crippen molar-refractivity contribution in [2.45, 2.75) is 10.1 Å². The SMILES string of the molecule is COc1ccc(NC(=O)CSc2nc3c(cnn3-c3ccc(S(N)(=O)=O)cc3)c(=O)[nH]2)c(OC)c1. The Morgan fingerprint density at radius 3 is 2.57 bits per heavy atom. The Bertz CT molecular complexity index is 1560. The van der Waals surface area contributed by atoms with E-state index in [0.717, 1.165) is 11.8 Å². The van der Waals surface area contributed by atoms with Gasteiger partial charge in [-0.05, 0) is 36.4 Å². The lowest BCUT2D eigenvalue weighted by molar-refractivity contribution is -0.113. The molecule has 4 aromatic rings. The molecule has 0 spiro atoms. The van der Waals surface area contributed by atoms with Crippen molar-refractivity contribution in [2.24, 2.45) is 5.14 Å². The number of nitrogens with zero attached hydrogens (tertiary/aromatic N) is 3. The second-order valence-electron chi connectivity index (χ2n) is 7.11. The number of nitrogens with one attached hydrogen (secondary N) is 2. The number of primary sulfonamides is 1. The number of hydrogen-bond donors (Lipinski definition) is 3. The Labute approximate surface area is 203 Å². The number of sulfonamides is 1. The molecule has 0 aliphatic carbocycles. The first-order valence-electron chi connectivity index (χ1n) is 9.95. The number of anilines is 1. The first kappa shape index (κ1) is 24.3. The summed E-state index contributed by atoms with van der Waals surface area (Å²) in [5.74, 6) is 0.641. The van der Waals surface area contributed by atoms with E-state index in [2.05, 4.69) is 20.4 Å². The number of nitrogens with two attached hydrogens (primary N) is 1. The largest absolute Gasteiger partial charge is 0.497 e. The van der Waals surface area contributed by atoms with Crippen molar-refractivity contribution in [3.8, 4) is 17.2 Å². The molecule has 14 heteroatoms. The predicted molar refractivity (Wildman–Crippen MR) is 130 cm³/mol. The number of benzene rings is 2. The molecule has 4 rings (SSSR count). The lowest BCUT2D eigenvalue weighted by atomic mass is 10.2. The van der Waals surface area contributed by atoms with Crippen LogP contribution in [0.3, 0.4) is 0 Å². The van der Waals surface area contributed by atoms with Gasteiger partial charge >= 0.3 is 0 Å². The van der Waals surface area contributed by atoms with Crippen LogP contribution < -0.4 is 25.5 Å². The van der Waals surface area contributed by atoms with E-state index < -0.39 is 15.6 Å². The third kappa shape index (κ3) is 5.29. The predicted octanol–water partition coefficient (Wildman–Crippen LogP) is 1.50. The van der Waals surface area contributed by atoms with Gasteiger partial charge in [0.2, 0.25) is 15.9 Å². The summed E-state index contributed by atoms with van der Waals surface area (Å²) >= 11 is 1.03. The van der Waals surface area contributed by atoms with E-state index in [4.69, 9.17) is 14.6 Å². The number of ether oxygens (including phenoxy) is 2. The minimum Gasteiger partial charge on any atom is -0.497 e. The molecule has 0 bridgehead atoms. The minimum atomic E-state index is -3.85. The van der Waals surface area contributed by atoms with Gasteiger partial charge in [0.05, 0.1) is 42.4 Å². The molecule has 0 saturated carbocycles. The van der Waals surface area contributed by atoms with E-state index in [9.17, 15) is 18.0 Å². The zero-order valence-electron chi connectivity index (χ0n) is 18.5. The van der Waals surface area contributed by atoms with Crippen LogP contribution in [0.1, 0.15) is 0 Å². The molecule has 12 nitrogen and oxygen atoms in total. The maximum atomic E-state index is 12.5. The molecular weight excluding hydrogens is 496 g/mol. The summed E-state index contributed by atoms with van der Waals surface area (Å²) in [7, 11) is -0.838. The van der Waals surface area contributed by atoms with Gasteiger partial charge in [0, 0.05) is 6.07 Å². The number of hydrogen-bond acceptors (Lipinski definition) is 9. The molecule has 0 unspecified atom stereocenters. The van der Waals surface area contributed by atoms with Crippen molar-refractivity contribution in [2.75, 3.05) is 25.3 Å². The molecule has 0 fully saturated rings. The zero-order valence-corrected chi connectivity index (χ0v) is 20.1. The molecule has 1 amide bonds. The molecule has 0 aliphatic rings. The number of methoxy groups -OCH3 is 2. The van der Waals surface area contributed by atoms with Crippen LogP contribution in [-0.2, 0) is 14.8 Å². The Hall–Kier alpha value is -3.88. The van der Waals surface area contributed by atoms with Gasteiger partial charge < -0.3 is 19.8 Å². The fraction of sp³-hybridized carbons (Fsp3) is 0.143. The molecule has 35 heavy (non-hydrogen) atoms. The van der Waals surface area contributed by atoms with Crippen molar-refractivity contribution in [3.63, 3.8) is 0 Å². The van der Waals surface area contributed by atoms with E-state index >= 15 is 0 Å². The van der Waals surface area contributed by atoms with E-state index in [1.807, 2.05) is 0 Å². The quantitative estimate of drug-likeness (QED) is 0.232. The van der Waals surface area contributed by atoms with E-state index in [1.165, 1.54) is 49.4 Å². The summed E-state index contributed by atoms with van der Waals surface area (Å²) < 4.78 is 34.8. The van der Waals surface area contributed by atoms with Crippen molar-refractivity contribution >= 4 is 44.4 Å². The first-order valence-corrected chi connectivity index (χ1v) is 12.5. The van der Waals surface area contributed by atoms with Crippen LogP contribution in [0, 0.1) is 0 Å². The molecule has 182 valence electrons. The highest BCUT2D eigenvalue weighted by atomic mass is 32.2. The van der Waals surface area contributed by atoms with Crippen LogP contribution in [0.25, 0.3) is 16.7 Å². The molecule has 4 N–H and O–H groups in total. The van der Waals surface area contributed by atoms with Gasteiger partial charge in [0.1, 0.15) is 16.9 Å². The molecular formula is C21H20N6O6S2. The van der Waals surface area contributed by atoms with Crippen LogP contribution in [0.5, 0.6) is 11.5 Å². The third-order valence-electron chi connectivity index (χ3n) is 4.85. The van der Waals surface area contributed by atoms with Crippen LogP contribution in [0.2, 0.25) is 0 Å². The van der Waals surface area contributed by atoms with Crippen LogP contribution in [0.15, 0.2) is 63.5 Å². The number of carbonyl (C=O) groups excluding carboxylic acids is 1. The van der Waals surface area contributed by atoms with Crippen molar-refractivity contribution in [1.29, 1.82) is 0 Å². The fourth-order valence-corrected chi connectivity index (χ4v) is 4.33. The number of aromatic amines is 1. The summed E-state index contributed by atoms with van der Waals surface area (Å²) in [5.41, 5.74) is 0.765. The lowest BCUT2D eigenvalue weighted by Gasteiger charge is -2.11. The highest BCUT2D eigenvalue weighted by Gasteiger charge is 2.15. The van der Waals surface area contributed by atoms with Crippen LogP contribution >= 0.6 is 11.8 Å². The number of thioether (sulfide) groups is 1. The first-order chi connectivity index (χ1) is 16.7. The monoisotopic (exact) mass is 516 g/mol. The van der Waals surface area contributed by atoms with Gasteiger partial charge in [-0.2, -0.15) is 5.10 Å². The molecule has 0 radical (unpaired) electrons. The summed E-state index contributed by atoms with van der Waals surface area (Å²) in [6.45, 7) is 0. The Kier molecular flexibility index (Phi) is 6.77. The highest BCUT2D eigenvalue weighted by molar-refractivity contribution is 7.99. The molecule has 0 atom stereocenters. The average molecular weight is 517 g/mol. The van der Waals surface area contributed by atoms with Gasteiger partial charge in [0.25, 0.3) is 5.56 Å². The van der Waals surface area contributed by atoms with E-state index in [-0.39, 0.29) is 32.7 Å². The van der Waals surface area contributed by atoms with Crippen molar-refractivity contribution < 1.29 is 22.7 Å². The smallest absolute Gasteiger partial charge is 0.262 e. The van der Waals surface area contributed by atoms with Gasteiger partial charge in [-0.1, -0.05) is 11.8 Å². The number of H-pyrrole nitrogens is 1. The van der Waals surface area contributed by atoms with Crippen molar-refractivity contribution in [1.82, 2.24) is 19.7 Å². The van der Waals surface area contributed by atoms with Gasteiger partial charge in [0.15, 0.2) is 10.8 Å². The summed E-state index contributed by atoms with van der Waals surface area (Å²) in [6.07, 6.45) is 1.35. The number of aromatic nitrogens is 4. The highest BCUT2D eigenvalue weighted by Crippen LogP contribution is 2.29. The second kappa shape index (κ2) is 9.77. The van der Waals surface area contributed by atoms with Crippen molar-refractivity contribution in [3.05, 3.63) is 59.0 Å². The number of fused-ring (bicyclic) bond motifs is 1. The Morgan fingerprint density at radius 2 is 1.91 bits per heavy atom. The Morgan fingerprint density at radius 1 is 1.17 bits per heavy atom. The van der Waals surface area contributed by atoms with Crippen LogP contribution in [0.4, 0.5) is 5.69 Å². The molecule has 0 saturated heterocycles. The molecule has 2 aromatic heterocycles. The summed E-state index contributed by atoms with van der Waals surface area (Å²) in [4.78, 5) is 32.0. The van der Waals surface area contributed by atoms with Crippen LogP contribution in [-0.4, -0.2) is 54.0 Å². The third-order valence-corrected chi connectivity index (χ3v) is 6.65.